The molecule has 6 nitrogen and oxygen atoms in total. The number of guanidine groups is 1. The van der Waals surface area contributed by atoms with E-state index in [0.717, 1.165) is 25.4 Å². The maximum absolute atomic E-state index is 11.7. The van der Waals surface area contributed by atoms with Crippen molar-refractivity contribution < 1.29 is 4.79 Å². The van der Waals surface area contributed by atoms with Gasteiger partial charge in [-0.05, 0) is 25.2 Å². The first-order valence-electron chi connectivity index (χ1n) is 9.16. The fraction of sp³-hybridized carbons (Fsp3) is 0.778. The highest BCUT2D eigenvalue weighted by Gasteiger charge is 2.26. The van der Waals surface area contributed by atoms with Gasteiger partial charge in [0.1, 0.15) is 6.54 Å². The number of hydrogen-bond donors (Lipinski definition) is 2. The third-order valence-corrected chi connectivity index (χ3v) is 4.89. The Kier molecular flexibility index (Phi) is 7.56. The molecule has 2 fully saturated rings. The van der Waals surface area contributed by atoms with Crippen LogP contribution in [0.2, 0.25) is 0 Å². The van der Waals surface area contributed by atoms with Crippen molar-refractivity contribution in [1.82, 2.24) is 20.4 Å². The normalized spacial score (nSPS) is 22.6. The molecule has 2 N–H and O–H groups in total. The van der Waals surface area contributed by atoms with Crippen LogP contribution in [0.25, 0.3) is 0 Å². The zero-order valence-electron chi connectivity index (χ0n) is 15.3. The fourth-order valence-electron chi connectivity index (χ4n) is 3.48. The van der Waals surface area contributed by atoms with Gasteiger partial charge in [-0.25, -0.2) is 4.99 Å². The van der Waals surface area contributed by atoms with Crippen LogP contribution in [0.5, 0.6) is 0 Å². The third kappa shape index (κ3) is 6.15. The lowest BCUT2D eigenvalue weighted by molar-refractivity contribution is -0.127. The highest BCUT2D eigenvalue weighted by molar-refractivity contribution is 5.85. The molecule has 24 heavy (non-hydrogen) atoms. The number of carbonyl (C=O) groups is 1. The molecule has 0 spiro atoms. The SMILES string of the molecule is C=CCNC(=NCC(=O)N(C)C)NC1CCN(CC2CCCC2)C1. The molecule has 0 aromatic carbocycles. The minimum absolute atomic E-state index is 0.00369. The predicted molar refractivity (Wildman–Crippen MR) is 99.1 cm³/mol. The molecular formula is C18H33N5O. The van der Waals surface area contributed by atoms with Crippen LogP contribution in [0.1, 0.15) is 32.1 Å². The quantitative estimate of drug-likeness (QED) is 0.415. The molecule has 1 unspecified atom stereocenters. The lowest BCUT2D eigenvalue weighted by Crippen LogP contribution is -2.45. The summed E-state index contributed by atoms with van der Waals surface area (Å²) in [5.74, 6) is 1.61. The molecule has 0 aromatic heterocycles. The molecule has 1 aliphatic heterocycles. The molecule has 1 saturated heterocycles. The minimum Gasteiger partial charge on any atom is -0.353 e. The number of likely N-dealkylation sites (tertiary alicyclic amines) is 1. The van der Waals surface area contributed by atoms with Crippen LogP contribution in [-0.2, 0) is 4.79 Å². The summed E-state index contributed by atoms with van der Waals surface area (Å²) in [7, 11) is 3.50. The van der Waals surface area contributed by atoms with Crippen LogP contribution in [0.4, 0.5) is 0 Å². The summed E-state index contributed by atoms with van der Waals surface area (Å²) in [5, 5.41) is 6.69. The van der Waals surface area contributed by atoms with Crippen LogP contribution in [0.3, 0.4) is 0 Å². The highest BCUT2D eigenvalue weighted by atomic mass is 16.2. The molecular weight excluding hydrogens is 302 g/mol. The molecule has 1 amide bonds. The van der Waals surface area contributed by atoms with Gasteiger partial charge < -0.3 is 20.4 Å². The third-order valence-electron chi connectivity index (χ3n) is 4.89. The first kappa shape index (κ1) is 18.8. The zero-order chi connectivity index (χ0) is 17.4. The largest absolute Gasteiger partial charge is 0.353 e. The van der Waals surface area contributed by atoms with Crippen molar-refractivity contribution in [2.75, 3.05) is 46.8 Å². The molecule has 0 bridgehead atoms. The van der Waals surface area contributed by atoms with Gasteiger partial charge in [-0.1, -0.05) is 18.9 Å². The van der Waals surface area contributed by atoms with E-state index in [1.165, 1.54) is 32.2 Å². The van der Waals surface area contributed by atoms with Crippen molar-refractivity contribution in [3.63, 3.8) is 0 Å². The number of nitrogens with zero attached hydrogens (tertiary/aromatic N) is 3. The summed E-state index contributed by atoms with van der Waals surface area (Å²) < 4.78 is 0. The molecule has 2 aliphatic rings. The van der Waals surface area contributed by atoms with Crippen LogP contribution in [0, 0.1) is 5.92 Å². The van der Waals surface area contributed by atoms with E-state index in [4.69, 9.17) is 0 Å². The van der Waals surface area contributed by atoms with Crippen LogP contribution >= 0.6 is 0 Å². The Morgan fingerprint density at radius 3 is 2.75 bits per heavy atom. The van der Waals surface area contributed by atoms with Crippen LogP contribution in [0.15, 0.2) is 17.6 Å². The summed E-state index contributed by atoms with van der Waals surface area (Å²) in [4.78, 5) is 20.3. The molecule has 1 saturated carbocycles. The Hall–Kier alpha value is -1.56. The molecule has 136 valence electrons. The highest BCUT2D eigenvalue weighted by Crippen LogP contribution is 2.26. The number of hydrogen-bond acceptors (Lipinski definition) is 3. The first-order valence-corrected chi connectivity index (χ1v) is 9.16. The van der Waals surface area contributed by atoms with Crippen molar-refractivity contribution in [2.45, 2.75) is 38.1 Å². The number of nitrogens with one attached hydrogen (secondary N) is 2. The number of aliphatic imine (C=N–C) groups is 1. The summed E-state index contributed by atoms with van der Waals surface area (Å²) in [6.07, 6.45) is 8.53. The zero-order valence-corrected chi connectivity index (χ0v) is 15.3. The van der Waals surface area contributed by atoms with Crippen molar-refractivity contribution in [3.05, 3.63) is 12.7 Å². The monoisotopic (exact) mass is 335 g/mol. The van der Waals surface area contributed by atoms with E-state index in [0.29, 0.717) is 18.5 Å². The predicted octanol–water partition coefficient (Wildman–Crippen LogP) is 1.06. The van der Waals surface area contributed by atoms with Gasteiger partial charge >= 0.3 is 0 Å². The minimum atomic E-state index is 0.00369. The Labute approximate surface area is 146 Å². The van der Waals surface area contributed by atoms with Gasteiger partial charge in [-0.3, -0.25) is 4.79 Å². The Balaban J connectivity index is 1.81. The number of carbonyl (C=O) groups excluding carboxylic acids is 1. The number of likely N-dealkylation sites (N-methyl/N-ethyl adjacent to an activating group) is 1. The summed E-state index contributed by atoms with van der Waals surface area (Å²) >= 11 is 0. The van der Waals surface area contributed by atoms with Crippen molar-refractivity contribution in [3.8, 4) is 0 Å². The van der Waals surface area contributed by atoms with Crippen molar-refractivity contribution in [2.24, 2.45) is 10.9 Å². The van der Waals surface area contributed by atoms with E-state index < -0.39 is 0 Å². The topological polar surface area (TPSA) is 60.0 Å². The van der Waals surface area contributed by atoms with E-state index >= 15 is 0 Å². The van der Waals surface area contributed by atoms with Gasteiger partial charge in [-0.15, -0.1) is 6.58 Å². The molecule has 0 radical (unpaired) electrons. The van der Waals surface area contributed by atoms with Crippen LogP contribution in [-0.4, -0.2) is 74.5 Å². The molecule has 1 heterocycles. The molecule has 0 aromatic rings. The van der Waals surface area contributed by atoms with E-state index in [1.54, 1.807) is 25.1 Å². The second-order valence-corrected chi connectivity index (χ2v) is 7.16. The van der Waals surface area contributed by atoms with Crippen LogP contribution < -0.4 is 10.6 Å². The van der Waals surface area contributed by atoms with E-state index in [9.17, 15) is 4.79 Å². The van der Waals surface area contributed by atoms with E-state index in [1.807, 2.05) is 0 Å². The number of amides is 1. The Morgan fingerprint density at radius 2 is 2.08 bits per heavy atom. The molecule has 1 aliphatic carbocycles. The lowest BCUT2D eigenvalue weighted by atomic mass is 10.1. The molecule has 6 heteroatoms. The second kappa shape index (κ2) is 9.67. The van der Waals surface area contributed by atoms with Gasteiger partial charge in [-0.2, -0.15) is 0 Å². The summed E-state index contributed by atoms with van der Waals surface area (Å²) in [5.41, 5.74) is 0. The second-order valence-electron chi connectivity index (χ2n) is 7.16. The first-order chi connectivity index (χ1) is 11.6. The van der Waals surface area contributed by atoms with Gasteiger partial charge in [0.15, 0.2) is 5.96 Å². The van der Waals surface area contributed by atoms with E-state index in [-0.39, 0.29) is 12.5 Å². The maximum atomic E-state index is 11.7. The molecule has 1 atom stereocenters. The van der Waals surface area contributed by atoms with Crippen molar-refractivity contribution in [1.29, 1.82) is 0 Å². The average Bonchev–Trinajstić information content (AvgIpc) is 3.22. The van der Waals surface area contributed by atoms with Gasteiger partial charge in [0.25, 0.3) is 0 Å². The fourth-order valence-corrected chi connectivity index (χ4v) is 3.48. The standard InChI is InChI=1S/C18H33N5O/c1-4-10-19-18(20-12-17(24)22(2)3)21-16-9-11-23(14-16)13-15-7-5-6-8-15/h4,15-16H,1,5-14H2,2-3H3,(H2,19,20,21). The van der Waals surface area contributed by atoms with Gasteiger partial charge in [0, 0.05) is 46.3 Å². The molecule has 2 rings (SSSR count). The average molecular weight is 335 g/mol. The smallest absolute Gasteiger partial charge is 0.243 e. The van der Waals surface area contributed by atoms with Crippen molar-refractivity contribution >= 4 is 11.9 Å². The Morgan fingerprint density at radius 1 is 1.33 bits per heavy atom. The van der Waals surface area contributed by atoms with E-state index in [2.05, 4.69) is 27.1 Å². The lowest BCUT2D eigenvalue weighted by Gasteiger charge is -2.21. The number of rotatable bonds is 7. The Bertz CT molecular complexity index is 443. The summed E-state index contributed by atoms with van der Waals surface area (Å²) in [6.45, 7) is 7.99. The summed E-state index contributed by atoms with van der Waals surface area (Å²) in [6, 6.07) is 0.400. The van der Waals surface area contributed by atoms with Gasteiger partial charge in [0.2, 0.25) is 5.91 Å². The van der Waals surface area contributed by atoms with Gasteiger partial charge in [0.05, 0.1) is 0 Å². The maximum Gasteiger partial charge on any atom is 0.243 e.